The number of hydrogen-bond donors (Lipinski definition) is 0. The third-order valence-corrected chi connectivity index (χ3v) is 4.29. The van der Waals surface area contributed by atoms with Crippen molar-refractivity contribution in [3.05, 3.63) is 21.4 Å². The molecule has 0 amide bonds. The number of aryl methyl sites for hydroxylation is 2. The predicted molar refractivity (Wildman–Crippen MR) is 64.7 cm³/mol. The van der Waals surface area contributed by atoms with Gasteiger partial charge in [0.2, 0.25) is 0 Å². The molecule has 1 aromatic rings. The maximum Gasteiger partial charge on any atom is 0.189 e. The van der Waals surface area contributed by atoms with Gasteiger partial charge in [0.15, 0.2) is 5.78 Å². The molecule has 16 heavy (non-hydrogen) atoms. The van der Waals surface area contributed by atoms with E-state index in [0.717, 1.165) is 24.1 Å². The highest BCUT2D eigenvalue weighted by Crippen LogP contribution is 2.32. The second-order valence-electron chi connectivity index (χ2n) is 4.25. The van der Waals surface area contributed by atoms with Crippen molar-refractivity contribution in [2.75, 3.05) is 0 Å². The molecular formula is C13H15NOS. The number of nitriles is 1. The van der Waals surface area contributed by atoms with Gasteiger partial charge in [0.05, 0.1) is 10.9 Å². The molecule has 84 valence electrons. The van der Waals surface area contributed by atoms with Gasteiger partial charge in [0.1, 0.15) is 5.92 Å². The molecule has 0 spiro atoms. The van der Waals surface area contributed by atoms with E-state index in [4.69, 9.17) is 5.26 Å². The Morgan fingerprint density at radius 2 is 2.44 bits per heavy atom. The lowest BCUT2D eigenvalue weighted by Gasteiger charge is -2.03. The lowest BCUT2D eigenvalue weighted by Crippen LogP contribution is -2.11. The average molecular weight is 233 g/mol. The van der Waals surface area contributed by atoms with E-state index < -0.39 is 5.92 Å². The van der Waals surface area contributed by atoms with Crippen molar-refractivity contribution in [3.63, 3.8) is 0 Å². The van der Waals surface area contributed by atoms with E-state index >= 15 is 0 Å². The first-order valence-corrected chi connectivity index (χ1v) is 6.63. The molecule has 1 atom stereocenters. The summed E-state index contributed by atoms with van der Waals surface area (Å²) in [5, 5.41) is 8.97. The highest BCUT2D eigenvalue weighted by Gasteiger charge is 2.23. The van der Waals surface area contributed by atoms with Crippen LogP contribution in [0.2, 0.25) is 0 Å². The van der Waals surface area contributed by atoms with Gasteiger partial charge in [0, 0.05) is 4.88 Å². The molecule has 0 aromatic carbocycles. The van der Waals surface area contributed by atoms with E-state index in [1.165, 1.54) is 16.9 Å². The zero-order chi connectivity index (χ0) is 11.5. The van der Waals surface area contributed by atoms with Gasteiger partial charge in [-0.05, 0) is 37.3 Å². The molecule has 3 heteroatoms. The lowest BCUT2D eigenvalue weighted by atomic mass is 9.99. The van der Waals surface area contributed by atoms with Crippen LogP contribution in [0, 0.1) is 17.2 Å². The number of rotatable bonds is 4. The molecule has 1 unspecified atom stereocenters. The Morgan fingerprint density at radius 1 is 1.62 bits per heavy atom. The van der Waals surface area contributed by atoms with E-state index in [0.29, 0.717) is 6.42 Å². The van der Waals surface area contributed by atoms with E-state index in [-0.39, 0.29) is 5.78 Å². The Labute approximate surface area is 99.9 Å². The summed E-state index contributed by atoms with van der Waals surface area (Å²) in [4.78, 5) is 14.2. The Hall–Kier alpha value is -1.14. The molecule has 0 radical (unpaired) electrons. The van der Waals surface area contributed by atoms with Crippen molar-refractivity contribution in [2.24, 2.45) is 5.92 Å². The number of Topliss-reactive ketones (excluding diaryl/α,β-unsaturated/α-hetero) is 1. The normalized spacial score (nSPS) is 15.5. The van der Waals surface area contributed by atoms with Crippen LogP contribution >= 0.6 is 11.3 Å². The van der Waals surface area contributed by atoms with Gasteiger partial charge in [-0.3, -0.25) is 4.79 Å². The second kappa shape index (κ2) is 4.80. The van der Waals surface area contributed by atoms with Crippen molar-refractivity contribution in [2.45, 2.75) is 39.0 Å². The average Bonchev–Trinajstić information content (AvgIpc) is 2.84. The Balaban J connectivity index is 2.17. The summed E-state index contributed by atoms with van der Waals surface area (Å²) in [6.45, 7) is 2.01. The summed E-state index contributed by atoms with van der Waals surface area (Å²) in [5.41, 5.74) is 1.33. The van der Waals surface area contributed by atoms with Crippen LogP contribution in [0.3, 0.4) is 0 Å². The van der Waals surface area contributed by atoms with Gasteiger partial charge in [-0.25, -0.2) is 0 Å². The third kappa shape index (κ3) is 2.03. The van der Waals surface area contributed by atoms with Gasteiger partial charge in [-0.1, -0.05) is 13.3 Å². The fraction of sp³-hybridized carbons (Fsp3) is 0.538. The first-order valence-electron chi connectivity index (χ1n) is 5.81. The molecule has 0 saturated carbocycles. The van der Waals surface area contributed by atoms with Crippen molar-refractivity contribution < 1.29 is 4.79 Å². The largest absolute Gasteiger partial charge is 0.292 e. The first kappa shape index (κ1) is 11.3. The maximum absolute atomic E-state index is 12.1. The second-order valence-corrected chi connectivity index (χ2v) is 5.38. The highest BCUT2D eigenvalue weighted by molar-refractivity contribution is 7.14. The molecule has 2 rings (SSSR count). The number of nitrogens with zero attached hydrogens (tertiary/aromatic N) is 1. The van der Waals surface area contributed by atoms with Gasteiger partial charge in [0.25, 0.3) is 0 Å². The Kier molecular flexibility index (Phi) is 3.40. The molecule has 1 aromatic heterocycles. The summed E-state index contributed by atoms with van der Waals surface area (Å²) in [5.74, 6) is -0.410. The van der Waals surface area contributed by atoms with Gasteiger partial charge >= 0.3 is 0 Å². The number of carbonyl (C=O) groups is 1. The maximum atomic E-state index is 12.1. The Morgan fingerprint density at radius 3 is 3.06 bits per heavy atom. The number of fused-ring (bicyclic) bond motifs is 1. The minimum Gasteiger partial charge on any atom is -0.292 e. The van der Waals surface area contributed by atoms with Crippen LogP contribution in [-0.2, 0) is 12.8 Å². The molecule has 2 nitrogen and oxygen atoms in total. The van der Waals surface area contributed by atoms with E-state index in [9.17, 15) is 4.79 Å². The molecule has 0 bridgehead atoms. The zero-order valence-electron chi connectivity index (χ0n) is 9.45. The van der Waals surface area contributed by atoms with Gasteiger partial charge < -0.3 is 0 Å². The molecule has 0 aliphatic heterocycles. The van der Waals surface area contributed by atoms with Crippen LogP contribution in [0.1, 0.15) is 46.3 Å². The van der Waals surface area contributed by atoms with Gasteiger partial charge in [-0.2, -0.15) is 5.26 Å². The van der Waals surface area contributed by atoms with Crippen LogP contribution in [-0.4, -0.2) is 5.78 Å². The third-order valence-electron chi connectivity index (χ3n) is 3.04. The first-order chi connectivity index (χ1) is 7.76. The minimum atomic E-state index is -0.441. The molecule has 1 heterocycles. The van der Waals surface area contributed by atoms with Crippen LogP contribution in [0.15, 0.2) is 6.07 Å². The number of ketones is 1. The molecule has 0 fully saturated rings. The summed E-state index contributed by atoms with van der Waals surface area (Å²) >= 11 is 1.60. The van der Waals surface area contributed by atoms with Crippen LogP contribution in [0.25, 0.3) is 0 Å². The van der Waals surface area contributed by atoms with E-state index in [1.807, 2.05) is 13.0 Å². The van der Waals surface area contributed by atoms with E-state index in [2.05, 4.69) is 6.07 Å². The number of thiophene rings is 1. The van der Waals surface area contributed by atoms with Gasteiger partial charge in [-0.15, -0.1) is 11.3 Å². The highest BCUT2D eigenvalue weighted by atomic mass is 32.1. The molecule has 1 aliphatic carbocycles. The lowest BCUT2D eigenvalue weighted by molar-refractivity contribution is 0.0947. The molecule has 0 N–H and O–H groups in total. The number of hydrogen-bond acceptors (Lipinski definition) is 3. The zero-order valence-corrected chi connectivity index (χ0v) is 10.3. The van der Waals surface area contributed by atoms with Crippen molar-refractivity contribution in [1.29, 1.82) is 5.26 Å². The summed E-state index contributed by atoms with van der Waals surface area (Å²) < 4.78 is 0. The van der Waals surface area contributed by atoms with Crippen LogP contribution < -0.4 is 0 Å². The SMILES string of the molecule is CCCC(C#N)C(=O)c1cc2c(s1)CCC2. The summed E-state index contributed by atoms with van der Waals surface area (Å²) in [7, 11) is 0. The predicted octanol–water partition coefficient (Wildman–Crippen LogP) is 3.36. The van der Waals surface area contributed by atoms with Crippen LogP contribution in [0.4, 0.5) is 0 Å². The van der Waals surface area contributed by atoms with E-state index in [1.54, 1.807) is 11.3 Å². The van der Waals surface area contributed by atoms with Crippen molar-refractivity contribution in [3.8, 4) is 6.07 Å². The number of carbonyl (C=O) groups excluding carboxylic acids is 1. The molecule has 1 aliphatic rings. The summed E-state index contributed by atoms with van der Waals surface area (Å²) in [6, 6.07) is 4.13. The Bertz CT molecular complexity index is 420. The smallest absolute Gasteiger partial charge is 0.189 e. The minimum absolute atomic E-state index is 0.0312. The quantitative estimate of drug-likeness (QED) is 0.748. The van der Waals surface area contributed by atoms with Crippen molar-refractivity contribution >= 4 is 17.1 Å². The fourth-order valence-electron chi connectivity index (χ4n) is 2.17. The van der Waals surface area contributed by atoms with Crippen LogP contribution in [0.5, 0.6) is 0 Å². The van der Waals surface area contributed by atoms with Crippen molar-refractivity contribution in [1.82, 2.24) is 0 Å². The summed E-state index contributed by atoms with van der Waals surface area (Å²) in [6.07, 6.45) is 4.99. The molecular weight excluding hydrogens is 218 g/mol. The topological polar surface area (TPSA) is 40.9 Å². The molecule has 0 saturated heterocycles. The monoisotopic (exact) mass is 233 g/mol. The fourth-order valence-corrected chi connectivity index (χ4v) is 3.41. The standard InChI is InChI=1S/C13H15NOS/c1-2-4-10(8-14)13(15)12-7-9-5-3-6-11(9)16-12/h7,10H,2-6H2,1H3.